The van der Waals surface area contributed by atoms with E-state index in [-0.39, 0.29) is 0 Å². The molecule has 1 aromatic carbocycles. The van der Waals surface area contributed by atoms with Crippen molar-refractivity contribution >= 4 is 11.6 Å². The fourth-order valence-electron chi connectivity index (χ4n) is 2.56. The minimum Gasteiger partial charge on any atom is -0.497 e. The first-order valence-corrected chi connectivity index (χ1v) is 7.74. The lowest BCUT2D eigenvalue weighted by Crippen LogP contribution is -2.23. The summed E-state index contributed by atoms with van der Waals surface area (Å²) in [7, 11) is 5.16. The van der Waals surface area contributed by atoms with Gasteiger partial charge in [0.2, 0.25) is 0 Å². The van der Waals surface area contributed by atoms with Gasteiger partial charge in [0, 0.05) is 25.4 Å². The van der Waals surface area contributed by atoms with Gasteiger partial charge in [0.15, 0.2) is 5.96 Å². The third-order valence-electron chi connectivity index (χ3n) is 3.97. The van der Waals surface area contributed by atoms with Gasteiger partial charge in [-0.15, -0.1) is 0 Å². The van der Waals surface area contributed by atoms with Crippen LogP contribution in [0.15, 0.2) is 23.2 Å². The maximum absolute atomic E-state index is 5.99. The van der Waals surface area contributed by atoms with Crippen molar-refractivity contribution in [3.8, 4) is 11.5 Å². The zero-order valence-electron chi connectivity index (χ0n) is 14.9. The summed E-state index contributed by atoms with van der Waals surface area (Å²) in [5.74, 6) is 1.72. The van der Waals surface area contributed by atoms with Crippen molar-refractivity contribution < 1.29 is 9.47 Å². The number of ether oxygens (including phenoxy) is 2. The largest absolute Gasteiger partial charge is 0.497 e. The van der Waals surface area contributed by atoms with Crippen LogP contribution in [-0.4, -0.2) is 36.5 Å². The van der Waals surface area contributed by atoms with Crippen molar-refractivity contribution in [2.24, 2.45) is 17.8 Å². The number of methoxy groups -OCH3 is 2. The number of guanidine groups is 1. The van der Waals surface area contributed by atoms with E-state index in [9.17, 15) is 0 Å². The van der Waals surface area contributed by atoms with Crippen molar-refractivity contribution in [2.45, 2.75) is 20.3 Å². The number of aryl methyl sites for hydroxylation is 2. The molecule has 1 heterocycles. The number of nitrogens with two attached hydrogens (primary N) is 1. The van der Waals surface area contributed by atoms with Crippen LogP contribution in [0.1, 0.15) is 17.0 Å². The molecule has 0 fully saturated rings. The Kier molecular flexibility index (Phi) is 5.68. The number of hydrogen-bond donors (Lipinski definition) is 2. The monoisotopic (exact) mass is 331 g/mol. The molecule has 3 N–H and O–H groups in total. The van der Waals surface area contributed by atoms with E-state index in [1.807, 2.05) is 36.9 Å². The highest BCUT2D eigenvalue weighted by Gasteiger charge is 2.09. The molecule has 0 spiro atoms. The molecule has 2 rings (SSSR count). The van der Waals surface area contributed by atoms with E-state index in [1.54, 1.807) is 14.2 Å². The second-order valence-electron chi connectivity index (χ2n) is 5.48. The molecule has 130 valence electrons. The Morgan fingerprint density at radius 3 is 2.62 bits per heavy atom. The molecule has 0 atom stereocenters. The van der Waals surface area contributed by atoms with Crippen molar-refractivity contribution in [3.05, 3.63) is 35.2 Å². The lowest BCUT2D eigenvalue weighted by atomic mass is 10.1. The normalized spacial score (nSPS) is 11.5. The first kappa shape index (κ1) is 17.7. The molecule has 0 amide bonds. The van der Waals surface area contributed by atoms with E-state index in [4.69, 9.17) is 15.2 Å². The van der Waals surface area contributed by atoms with Gasteiger partial charge < -0.3 is 20.5 Å². The van der Waals surface area contributed by atoms with Crippen LogP contribution < -0.4 is 20.5 Å². The van der Waals surface area contributed by atoms with E-state index < -0.39 is 0 Å². The summed E-state index contributed by atoms with van der Waals surface area (Å²) < 4.78 is 12.4. The van der Waals surface area contributed by atoms with Gasteiger partial charge in [-0.25, -0.2) is 0 Å². The minimum atomic E-state index is 0.334. The number of rotatable bonds is 6. The number of nitrogens with zero attached hydrogens (tertiary/aromatic N) is 3. The molecule has 0 saturated carbocycles. The van der Waals surface area contributed by atoms with Gasteiger partial charge in [0.05, 0.1) is 25.6 Å². The highest BCUT2D eigenvalue weighted by molar-refractivity contribution is 5.94. The lowest BCUT2D eigenvalue weighted by molar-refractivity contribution is 0.405. The molecule has 7 nitrogen and oxygen atoms in total. The Hall–Kier alpha value is -2.70. The maximum Gasteiger partial charge on any atom is 0.193 e. The topological polar surface area (TPSA) is 86.7 Å². The van der Waals surface area contributed by atoms with Gasteiger partial charge in [0.25, 0.3) is 0 Å². The fourth-order valence-corrected chi connectivity index (χ4v) is 2.56. The molecule has 0 unspecified atom stereocenters. The standard InChI is InChI=1S/C17H25N5O2/c1-11-14(12(2)22(3)21-11)8-9-19-17(18)20-15-10-13(23-4)6-7-16(15)24-5/h6-7,10H,8-9H2,1-5H3,(H3,18,19,20). The van der Waals surface area contributed by atoms with E-state index in [1.165, 1.54) is 5.56 Å². The highest BCUT2D eigenvalue weighted by atomic mass is 16.5. The first-order valence-electron chi connectivity index (χ1n) is 7.74. The predicted octanol–water partition coefficient (Wildman–Crippen LogP) is 2.02. The van der Waals surface area contributed by atoms with Crippen molar-refractivity contribution in [1.29, 1.82) is 0 Å². The molecule has 1 aromatic heterocycles. The zero-order valence-corrected chi connectivity index (χ0v) is 14.9. The number of anilines is 1. The van der Waals surface area contributed by atoms with E-state index >= 15 is 0 Å². The highest BCUT2D eigenvalue weighted by Crippen LogP contribution is 2.28. The molecule has 24 heavy (non-hydrogen) atoms. The Morgan fingerprint density at radius 1 is 1.29 bits per heavy atom. The van der Waals surface area contributed by atoms with Crippen LogP contribution in [0.3, 0.4) is 0 Å². The number of hydrogen-bond acceptors (Lipinski definition) is 4. The van der Waals surface area contributed by atoms with Gasteiger partial charge >= 0.3 is 0 Å². The SMILES string of the molecule is COc1ccc(OC)c(NC(N)=NCCc2c(C)nn(C)c2C)c1. The zero-order chi connectivity index (χ0) is 17.7. The molecular weight excluding hydrogens is 306 g/mol. The third-order valence-corrected chi connectivity index (χ3v) is 3.97. The van der Waals surface area contributed by atoms with Crippen molar-refractivity contribution in [3.63, 3.8) is 0 Å². The minimum absolute atomic E-state index is 0.334. The lowest BCUT2D eigenvalue weighted by Gasteiger charge is -2.12. The number of aliphatic imine (C=N–C) groups is 1. The van der Waals surface area contributed by atoms with E-state index in [0.717, 1.165) is 17.8 Å². The molecule has 0 saturated heterocycles. The average molecular weight is 331 g/mol. The van der Waals surface area contributed by atoms with Crippen LogP contribution >= 0.6 is 0 Å². The van der Waals surface area contributed by atoms with Crippen LogP contribution in [0.2, 0.25) is 0 Å². The summed E-state index contributed by atoms with van der Waals surface area (Å²) in [4.78, 5) is 4.39. The third kappa shape index (κ3) is 3.98. The van der Waals surface area contributed by atoms with Crippen molar-refractivity contribution in [2.75, 3.05) is 26.1 Å². The van der Waals surface area contributed by atoms with Gasteiger partial charge in [-0.3, -0.25) is 9.67 Å². The Morgan fingerprint density at radius 2 is 2.04 bits per heavy atom. The Labute approximate surface area is 142 Å². The molecule has 0 aliphatic heterocycles. The van der Waals surface area contributed by atoms with Gasteiger partial charge in [-0.1, -0.05) is 0 Å². The molecular formula is C17H25N5O2. The predicted molar refractivity (Wildman–Crippen MR) is 96.0 cm³/mol. The summed E-state index contributed by atoms with van der Waals surface area (Å²) in [6.45, 7) is 4.65. The second-order valence-corrected chi connectivity index (χ2v) is 5.48. The van der Waals surface area contributed by atoms with Gasteiger partial charge in [-0.2, -0.15) is 5.10 Å². The van der Waals surface area contributed by atoms with E-state index in [0.29, 0.717) is 29.7 Å². The van der Waals surface area contributed by atoms with Crippen LogP contribution in [-0.2, 0) is 13.5 Å². The summed E-state index contributed by atoms with van der Waals surface area (Å²) in [6.07, 6.45) is 0.795. The maximum atomic E-state index is 5.99. The number of benzene rings is 1. The number of nitrogens with one attached hydrogen (secondary N) is 1. The number of aromatic nitrogens is 2. The fraction of sp³-hybridized carbons (Fsp3) is 0.412. The first-order chi connectivity index (χ1) is 11.5. The Balaban J connectivity index is 2.04. The van der Waals surface area contributed by atoms with Crippen LogP contribution in [0.25, 0.3) is 0 Å². The van der Waals surface area contributed by atoms with E-state index in [2.05, 4.69) is 22.3 Å². The molecule has 0 radical (unpaired) electrons. The molecule has 7 heteroatoms. The smallest absolute Gasteiger partial charge is 0.193 e. The van der Waals surface area contributed by atoms with Crippen LogP contribution in [0.4, 0.5) is 5.69 Å². The molecule has 0 aliphatic rings. The van der Waals surface area contributed by atoms with Crippen LogP contribution in [0.5, 0.6) is 11.5 Å². The molecule has 0 aliphatic carbocycles. The summed E-state index contributed by atoms with van der Waals surface area (Å²) in [5.41, 5.74) is 10.1. The quantitative estimate of drug-likeness (QED) is 0.625. The molecule has 2 aromatic rings. The van der Waals surface area contributed by atoms with Gasteiger partial charge in [-0.05, 0) is 38.0 Å². The van der Waals surface area contributed by atoms with Crippen molar-refractivity contribution in [1.82, 2.24) is 9.78 Å². The summed E-state index contributed by atoms with van der Waals surface area (Å²) >= 11 is 0. The second kappa shape index (κ2) is 7.72. The summed E-state index contributed by atoms with van der Waals surface area (Å²) in [5, 5.41) is 7.47. The molecule has 0 bridgehead atoms. The van der Waals surface area contributed by atoms with Gasteiger partial charge in [0.1, 0.15) is 11.5 Å². The van der Waals surface area contributed by atoms with Crippen LogP contribution in [0, 0.1) is 13.8 Å². The Bertz CT molecular complexity index is 737. The average Bonchev–Trinajstić information content (AvgIpc) is 2.80. The summed E-state index contributed by atoms with van der Waals surface area (Å²) in [6, 6.07) is 5.46.